The minimum Gasteiger partial charge on any atom is -0.497 e. The van der Waals surface area contributed by atoms with Gasteiger partial charge in [0.25, 0.3) is 21.8 Å². The summed E-state index contributed by atoms with van der Waals surface area (Å²) in [5.41, 5.74) is 0.229. The first-order valence-electron chi connectivity index (χ1n) is 12.1. The Morgan fingerprint density at radius 3 is 1.83 bits per heavy atom. The number of nitrogens with one attached hydrogen (secondary N) is 1. The first-order chi connectivity index (χ1) is 19.7. The van der Waals surface area contributed by atoms with Gasteiger partial charge in [0.1, 0.15) is 5.75 Å². The fraction of sp³-hybridized carbons (Fsp3) is 0.103. The number of para-hydroxylation sites is 2. The molecule has 2 amide bonds. The highest BCUT2D eigenvalue weighted by Gasteiger charge is 2.31. The van der Waals surface area contributed by atoms with Crippen LogP contribution in [0.4, 0.5) is 20.2 Å². The molecule has 0 spiro atoms. The lowest BCUT2D eigenvalue weighted by atomic mass is 10.3. The topological polar surface area (TPSA) is 111 Å². The molecule has 0 aliphatic carbocycles. The normalized spacial score (nSPS) is 10.9. The minimum absolute atomic E-state index is 0.00407. The number of anilines is 2. The number of carbonyl (C=O) groups is 2. The van der Waals surface area contributed by atoms with Gasteiger partial charge in [-0.2, -0.15) is 4.31 Å². The van der Waals surface area contributed by atoms with Gasteiger partial charge in [0.15, 0.2) is 36.3 Å². The molecule has 9 nitrogen and oxygen atoms in total. The van der Waals surface area contributed by atoms with Gasteiger partial charge >= 0.3 is 0 Å². The Bertz CT molecular complexity index is 1630. The lowest BCUT2D eigenvalue weighted by molar-refractivity contribution is -0.119. The smallest absolute Gasteiger partial charge is 0.278 e. The van der Waals surface area contributed by atoms with Crippen molar-refractivity contribution in [3.8, 4) is 17.2 Å². The third kappa shape index (κ3) is 7.17. The van der Waals surface area contributed by atoms with E-state index in [0.717, 1.165) is 6.07 Å². The zero-order valence-corrected chi connectivity index (χ0v) is 22.4. The number of carbonyl (C=O) groups excluding carboxylic acids is 2. The molecule has 0 fully saturated rings. The molecule has 0 atom stereocenters. The van der Waals surface area contributed by atoms with Crippen molar-refractivity contribution in [2.45, 2.75) is 4.90 Å². The van der Waals surface area contributed by atoms with Crippen LogP contribution >= 0.6 is 0 Å². The maximum atomic E-state index is 14.0. The van der Waals surface area contributed by atoms with E-state index in [1.807, 2.05) is 0 Å². The summed E-state index contributed by atoms with van der Waals surface area (Å²) >= 11 is 0. The highest BCUT2D eigenvalue weighted by atomic mass is 32.2. The second-order valence-corrected chi connectivity index (χ2v) is 10.2. The van der Waals surface area contributed by atoms with E-state index < -0.39 is 46.7 Å². The van der Waals surface area contributed by atoms with Crippen molar-refractivity contribution in [2.75, 3.05) is 29.9 Å². The van der Waals surface area contributed by atoms with Crippen LogP contribution in [0.2, 0.25) is 0 Å². The highest BCUT2D eigenvalue weighted by molar-refractivity contribution is 7.93. The first kappa shape index (κ1) is 29.0. The lowest BCUT2D eigenvalue weighted by Gasteiger charge is -2.23. The second-order valence-electron chi connectivity index (χ2n) is 8.37. The van der Waals surface area contributed by atoms with Gasteiger partial charge in [0.05, 0.1) is 17.7 Å². The van der Waals surface area contributed by atoms with Gasteiger partial charge in [-0.25, -0.2) is 17.2 Å². The molecule has 12 heteroatoms. The standard InChI is InChI=1S/C29H24F2N2O7S/c1-38-22-14-12-21(13-15-22)33(29(35)19-40-27-9-5-3-7-25(27)31)41(36,37)23-16-10-20(11-17-23)32-28(34)18-39-26-8-4-2-6-24(26)30/h2-17H,18-19H2,1H3,(H,32,34). The van der Waals surface area contributed by atoms with Crippen LogP contribution in [0, 0.1) is 11.6 Å². The highest BCUT2D eigenvalue weighted by Crippen LogP contribution is 2.27. The summed E-state index contributed by atoms with van der Waals surface area (Å²) in [5, 5.41) is 2.52. The Balaban J connectivity index is 1.52. The van der Waals surface area contributed by atoms with Crippen molar-refractivity contribution in [3.05, 3.63) is 109 Å². The summed E-state index contributed by atoms with van der Waals surface area (Å²) in [7, 11) is -3.06. The van der Waals surface area contributed by atoms with Crippen molar-refractivity contribution in [3.63, 3.8) is 0 Å². The molecule has 0 radical (unpaired) electrons. The van der Waals surface area contributed by atoms with Crippen LogP contribution in [0.1, 0.15) is 0 Å². The molecular formula is C29H24F2N2O7S. The van der Waals surface area contributed by atoms with Crippen LogP contribution in [-0.2, 0) is 19.6 Å². The molecule has 41 heavy (non-hydrogen) atoms. The Kier molecular flexibility index (Phi) is 9.15. The Morgan fingerprint density at radius 1 is 0.756 bits per heavy atom. The maximum Gasteiger partial charge on any atom is 0.278 e. The van der Waals surface area contributed by atoms with Crippen molar-refractivity contribution in [1.29, 1.82) is 0 Å². The van der Waals surface area contributed by atoms with Gasteiger partial charge in [0, 0.05) is 5.69 Å². The Morgan fingerprint density at radius 2 is 1.29 bits per heavy atom. The predicted octanol–water partition coefficient (Wildman–Crippen LogP) is 4.79. The largest absolute Gasteiger partial charge is 0.497 e. The quantitative estimate of drug-likeness (QED) is 0.271. The average molecular weight is 583 g/mol. The molecule has 0 aliphatic heterocycles. The molecule has 0 unspecified atom stereocenters. The van der Waals surface area contributed by atoms with Crippen LogP contribution in [-0.4, -0.2) is 40.6 Å². The Labute approximate surface area is 234 Å². The van der Waals surface area contributed by atoms with Crippen molar-refractivity contribution in [1.82, 2.24) is 0 Å². The van der Waals surface area contributed by atoms with Crippen molar-refractivity contribution >= 4 is 33.2 Å². The van der Waals surface area contributed by atoms with Gasteiger partial charge in [-0.05, 0) is 72.8 Å². The molecule has 0 heterocycles. The molecule has 4 aromatic carbocycles. The molecule has 4 aromatic rings. The molecule has 212 valence electrons. The number of ether oxygens (including phenoxy) is 3. The van der Waals surface area contributed by atoms with Gasteiger partial charge in [-0.15, -0.1) is 0 Å². The minimum atomic E-state index is -4.49. The van der Waals surface area contributed by atoms with Crippen LogP contribution in [0.3, 0.4) is 0 Å². The van der Waals surface area contributed by atoms with Gasteiger partial charge in [0.2, 0.25) is 0 Å². The maximum absolute atomic E-state index is 14.0. The molecule has 0 bridgehead atoms. The molecule has 0 saturated carbocycles. The van der Waals surface area contributed by atoms with Crippen LogP contribution in [0.15, 0.2) is 102 Å². The zero-order valence-electron chi connectivity index (χ0n) is 21.6. The van der Waals surface area contributed by atoms with E-state index in [4.69, 9.17) is 14.2 Å². The third-order valence-electron chi connectivity index (χ3n) is 5.59. The van der Waals surface area contributed by atoms with E-state index in [-0.39, 0.29) is 27.8 Å². The third-order valence-corrected chi connectivity index (χ3v) is 7.36. The summed E-state index contributed by atoms with van der Waals surface area (Å²) in [6.45, 7) is -1.26. The zero-order chi connectivity index (χ0) is 29.4. The van der Waals surface area contributed by atoms with E-state index in [1.165, 1.54) is 92.0 Å². The van der Waals surface area contributed by atoms with E-state index in [2.05, 4.69) is 5.32 Å². The fourth-order valence-electron chi connectivity index (χ4n) is 3.61. The number of nitrogens with zero attached hydrogens (tertiary/aromatic N) is 1. The Hall–Kier alpha value is -4.97. The summed E-state index contributed by atoms with van der Waals surface area (Å²) < 4.78 is 71.0. The lowest BCUT2D eigenvalue weighted by Crippen LogP contribution is -2.40. The molecular weight excluding hydrogens is 558 g/mol. The average Bonchev–Trinajstić information content (AvgIpc) is 2.97. The van der Waals surface area contributed by atoms with Gasteiger partial charge in [-0.1, -0.05) is 24.3 Å². The predicted molar refractivity (Wildman–Crippen MR) is 147 cm³/mol. The number of hydrogen-bond donors (Lipinski definition) is 1. The number of benzene rings is 4. The number of hydrogen-bond acceptors (Lipinski definition) is 7. The molecule has 1 N–H and O–H groups in total. The summed E-state index contributed by atoms with van der Waals surface area (Å²) in [4.78, 5) is 25.2. The SMILES string of the molecule is COc1ccc(N(C(=O)COc2ccccc2F)S(=O)(=O)c2ccc(NC(=O)COc3ccccc3F)cc2)cc1. The molecule has 0 aromatic heterocycles. The molecule has 0 saturated heterocycles. The first-order valence-corrected chi connectivity index (χ1v) is 13.5. The summed E-state index contributed by atoms with van der Waals surface area (Å²) in [5.74, 6) is -2.80. The number of rotatable bonds is 11. The summed E-state index contributed by atoms with van der Waals surface area (Å²) in [6.07, 6.45) is 0. The number of methoxy groups -OCH3 is 1. The fourth-order valence-corrected chi connectivity index (χ4v) is 5.02. The van der Waals surface area contributed by atoms with Gasteiger partial charge < -0.3 is 19.5 Å². The van der Waals surface area contributed by atoms with Crippen LogP contribution in [0.25, 0.3) is 0 Å². The van der Waals surface area contributed by atoms with E-state index >= 15 is 0 Å². The van der Waals surface area contributed by atoms with E-state index in [1.54, 1.807) is 6.07 Å². The number of amides is 2. The molecule has 4 rings (SSSR count). The van der Waals surface area contributed by atoms with Gasteiger partial charge in [-0.3, -0.25) is 9.59 Å². The second kappa shape index (κ2) is 12.9. The van der Waals surface area contributed by atoms with E-state index in [0.29, 0.717) is 10.1 Å². The van der Waals surface area contributed by atoms with Crippen molar-refractivity contribution < 1.29 is 41.0 Å². The monoisotopic (exact) mass is 582 g/mol. The number of halogens is 2. The van der Waals surface area contributed by atoms with E-state index in [9.17, 15) is 26.8 Å². The molecule has 0 aliphatic rings. The van der Waals surface area contributed by atoms with Crippen LogP contribution in [0.5, 0.6) is 17.2 Å². The summed E-state index contributed by atoms with van der Waals surface area (Å²) in [6, 6.07) is 21.8. The van der Waals surface area contributed by atoms with Crippen LogP contribution < -0.4 is 23.8 Å². The number of sulfonamides is 1. The van der Waals surface area contributed by atoms with Crippen molar-refractivity contribution in [2.24, 2.45) is 0 Å².